The first-order valence-electron chi connectivity index (χ1n) is 7.74. The lowest BCUT2D eigenvalue weighted by Gasteiger charge is -2.23. The van der Waals surface area contributed by atoms with Crippen LogP contribution in [-0.2, 0) is 0 Å². The third-order valence-corrected chi connectivity index (χ3v) is 6.90. The highest BCUT2D eigenvalue weighted by Crippen LogP contribution is 2.35. The predicted octanol–water partition coefficient (Wildman–Crippen LogP) is 3.99. The maximum absolute atomic E-state index is 12.4. The smallest absolute Gasteiger partial charge is 0.251 e. The molecule has 0 spiro atoms. The van der Waals surface area contributed by atoms with Gasteiger partial charge in [0.25, 0.3) is 5.91 Å². The molecule has 2 saturated heterocycles. The minimum absolute atomic E-state index is 0.0412. The van der Waals surface area contributed by atoms with Crippen LogP contribution in [0, 0.1) is 5.92 Å². The molecule has 1 aromatic carbocycles. The van der Waals surface area contributed by atoms with Crippen molar-refractivity contribution in [2.75, 3.05) is 19.6 Å². The van der Waals surface area contributed by atoms with E-state index < -0.39 is 0 Å². The molecule has 3 heterocycles. The molecule has 2 bridgehead atoms. The normalized spacial score (nSPS) is 25.7. The second kappa shape index (κ2) is 6.48. The summed E-state index contributed by atoms with van der Waals surface area (Å²) in [5, 5.41) is 3.20. The summed E-state index contributed by atoms with van der Waals surface area (Å²) >= 11 is 9.18. The van der Waals surface area contributed by atoms with Crippen LogP contribution in [0.25, 0.3) is 0 Å². The summed E-state index contributed by atoms with van der Waals surface area (Å²) in [6, 6.07) is 12.0. The number of thiophene rings is 1. The molecule has 0 saturated carbocycles. The molecule has 2 unspecified atom stereocenters. The van der Waals surface area contributed by atoms with Crippen molar-refractivity contribution in [3.63, 3.8) is 0 Å². The number of amides is 1. The van der Waals surface area contributed by atoms with E-state index in [1.807, 2.05) is 36.4 Å². The topological polar surface area (TPSA) is 32.3 Å². The number of nitrogens with zero attached hydrogens (tertiary/aromatic N) is 1. The van der Waals surface area contributed by atoms with E-state index in [1.165, 1.54) is 13.0 Å². The van der Waals surface area contributed by atoms with Crippen molar-refractivity contribution in [1.29, 1.82) is 0 Å². The number of rotatable bonds is 4. The molecule has 2 fully saturated rings. The summed E-state index contributed by atoms with van der Waals surface area (Å²) in [5.74, 6) is 0.678. The Hall–Kier alpha value is -1.01. The summed E-state index contributed by atoms with van der Waals surface area (Å²) in [7, 11) is 0. The zero-order valence-electron chi connectivity index (χ0n) is 12.5. The molecule has 2 aliphatic rings. The number of hydrogen-bond acceptors (Lipinski definition) is 4. The maximum atomic E-state index is 12.4. The van der Waals surface area contributed by atoms with E-state index in [-0.39, 0.29) is 5.91 Å². The molecule has 0 aliphatic carbocycles. The standard InChI is InChI=1S/C17H17ClN2OS2/c18-15-5-6-16(23-15)22-13-3-1-11(2-4-13)17(21)19-14-10-20-8-7-12(14)9-20/h1-6,12,14H,7-10H2,(H,19,21)/t12-,14?/m0/s1. The molecular weight excluding hydrogens is 348 g/mol. The molecule has 1 aromatic heterocycles. The van der Waals surface area contributed by atoms with Gasteiger partial charge in [0.2, 0.25) is 0 Å². The van der Waals surface area contributed by atoms with Gasteiger partial charge in [-0.3, -0.25) is 4.79 Å². The summed E-state index contributed by atoms with van der Waals surface area (Å²) in [4.78, 5) is 15.9. The molecule has 6 heteroatoms. The van der Waals surface area contributed by atoms with E-state index in [0.717, 1.165) is 32.1 Å². The minimum Gasteiger partial charge on any atom is -0.348 e. The lowest BCUT2D eigenvalue weighted by Crippen LogP contribution is -2.43. The monoisotopic (exact) mass is 364 g/mol. The van der Waals surface area contributed by atoms with Crippen LogP contribution in [0.3, 0.4) is 0 Å². The molecule has 2 aromatic rings. The molecule has 2 aliphatic heterocycles. The lowest BCUT2D eigenvalue weighted by molar-refractivity contribution is 0.0924. The SMILES string of the molecule is O=C(NC1CN2CC[C@H]1C2)c1ccc(Sc2ccc(Cl)s2)cc1. The predicted molar refractivity (Wildman–Crippen MR) is 95.7 cm³/mol. The Balaban J connectivity index is 1.38. The molecule has 120 valence electrons. The zero-order chi connectivity index (χ0) is 15.8. The second-order valence-corrected chi connectivity index (χ2v) is 9.16. The van der Waals surface area contributed by atoms with Gasteiger partial charge in [0.05, 0.1) is 8.55 Å². The van der Waals surface area contributed by atoms with Crippen LogP contribution in [0.4, 0.5) is 0 Å². The van der Waals surface area contributed by atoms with Gasteiger partial charge in [-0.1, -0.05) is 23.4 Å². The quantitative estimate of drug-likeness (QED) is 0.890. The first kappa shape index (κ1) is 15.5. The number of piperidine rings is 1. The van der Waals surface area contributed by atoms with Crippen molar-refractivity contribution in [3.05, 3.63) is 46.3 Å². The molecule has 3 atom stereocenters. The van der Waals surface area contributed by atoms with Gasteiger partial charge in [-0.15, -0.1) is 11.3 Å². The number of carbonyl (C=O) groups is 1. The fraction of sp³-hybridized carbons (Fsp3) is 0.353. The van der Waals surface area contributed by atoms with Gasteiger partial charge in [-0.25, -0.2) is 0 Å². The lowest BCUT2D eigenvalue weighted by atomic mass is 9.99. The van der Waals surface area contributed by atoms with Gasteiger partial charge in [-0.2, -0.15) is 0 Å². The van der Waals surface area contributed by atoms with Gasteiger partial charge in [0.1, 0.15) is 0 Å². The Morgan fingerprint density at radius 1 is 1.22 bits per heavy atom. The van der Waals surface area contributed by atoms with Crippen molar-refractivity contribution >= 4 is 40.6 Å². The summed E-state index contributed by atoms with van der Waals surface area (Å²) in [6.45, 7) is 3.34. The average Bonchev–Trinajstić information content (AvgIpc) is 3.25. The van der Waals surface area contributed by atoms with Crippen molar-refractivity contribution in [2.24, 2.45) is 5.92 Å². The number of carbonyl (C=O) groups excluding carboxylic acids is 1. The number of halogens is 1. The van der Waals surface area contributed by atoms with Gasteiger partial charge in [0.15, 0.2) is 0 Å². The minimum atomic E-state index is 0.0412. The molecule has 0 radical (unpaired) electrons. The van der Waals surface area contributed by atoms with Crippen LogP contribution in [-0.4, -0.2) is 36.5 Å². The summed E-state index contributed by atoms with van der Waals surface area (Å²) in [5.41, 5.74) is 0.733. The first-order valence-corrected chi connectivity index (χ1v) is 9.75. The summed E-state index contributed by atoms with van der Waals surface area (Å²) in [6.07, 6.45) is 1.21. The summed E-state index contributed by atoms with van der Waals surface area (Å²) < 4.78 is 1.95. The van der Waals surface area contributed by atoms with Crippen LogP contribution >= 0.6 is 34.7 Å². The van der Waals surface area contributed by atoms with Crippen molar-refractivity contribution in [2.45, 2.75) is 21.6 Å². The number of hydrogen-bond donors (Lipinski definition) is 1. The Bertz CT molecular complexity index is 716. The van der Waals surface area contributed by atoms with Crippen molar-refractivity contribution < 1.29 is 4.79 Å². The molecule has 4 rings (SSSR count). The van der Waals surface area contributed by atoms with E-state index in [1.54, 1.807) is 23.1 Å². The maximum Gasteiger partial charge on any atom is 0.251 e. The largest absolute Gasteiger partial charge is 0.348 e. The van der Waals surface area contributed by atoms with Crippen LogP contribution in [0.5, 0.6) is 0 Å². The number of benzene rings is 1. The van der Waals surface area contributed by atoms with E-state index in [2.05, 4.69) is 10.2 Å². The van der Waals surface area contributed by atoms with Gasteiger partial charge < -0.3 is 10.2 Å². The van der Waals surface area contributed by atoms with E-state index in [4.69, 9.17) is 11.6 Å². The molecule has 1 N–H and O–H groups in total. The van der Waals surface area contributed by atoms with Crippen LogP contribution in [0.1, 0.15) is 16.8 Å². The third kappa shape index (κ3) is 3.43. The number of nitrogens with one attached hydrogen (secondary N) is 1. The van der Waals surface area contributed by atoms with Gasteiger partial charge in [0, 0.05) is 29.6 Å². The van der Waals surface area contributed by atoms with E-state index >= 15 is 0 Å². The van der Waals surface area contributed by atoms with Crippen molar-refractivity contribution in [3.8, 4) is 0 Å². The van der Waals surface area contributed by atoms with Crippen LogP contribution in [0.2, 0.25) is 4.34 Å². The van der Waals surface area contributed by atoms with Gasteiger partial charge >= 0.3 is 0 Å². The third-order valence-electron chi connectivity index (χ3n) is 4.53. The Morgan fingerprint density at radius 3 is 2.65 bits per heavy atom. The Kier molecular flexibility index (Phi) is 4.37. The molecule has 1 amide bonds. The Morgan fingerprint density at radius 2 is 2.04 bits per heavy atom. The van der Waals surface area contributed by atoms with Gasteiger partial charge in [-0.05, 0) is 55.3 Å². The van der Waals surface area contributed by atoms with Crippen LogP contribution < -0.4 is 5.32 Å². The molecule has 3 nitrogen and oxygen atoms in total. The number of fused-ring (bicyclic) bond motifs is 2. The molecular formula is C17H17ClN2OS2. The van der Waals surface area contributed by atoms with E-state index in [9.17, 15) is 4.79 Å². The highest BCUT2D eigenvalue weighted by atomic mass is 35.5. The Labute approximate surface area is 149 Å². The molecule has 23 heavy (non-hydrogen) atoms. The fourth-order valence-corrected chi connectivity index (χ4v) is 5.62. The highest BCUT2D eigenvalue weighted by molar-refractivity contribution is 8.01. The fourth-order valence-electron chi connectivity index (χ4n) is 3.34. The zero-order valence-corrected chi connectivity index (χ0v) is 14.9. The van der Waals surface area contributed by atoms with Crippen molar-refractivity contribution in [1.82, 2.24) is 10.2 Å². The second-order valence-electron chi connectivity index (χ2n) is 6.07. The first-order chi connectivity index (χ1) is 11.2. The van der Waals surface area contributed by atoms with E-state index in [0.29, 0.717) is 12.0 Å². The van der Waals surface area contributed by atoms with Crippen LogP contribution in [0.15, 0.2) is 45.5 Å². The highest BCUT2D eigenvalue weighted by Gasteiger charge is 2.38. The average molecular weight is 365 g/mol.